The van der Waals surface area contributed by atoms with Crippen molar-refractivity contribution in [3.8, 4) is 17.6 Å². The number of halogens is 1. The maximum Gasteiger partial charge on any atom is 0.269 e. The normalized spacial score (nSPS) is 11.3. The Balaban J connectivity index is 1.41. The van der Waals surface area contributed by atoms with E-state index >= 15 is 0 Å². The molecular weight excluding hydrogens is 506 g/mol. The van der Waals surface area contributed by atoms with Gasteiger partial charge in [-0.05, 0) is 53.9 Å². The Kier molecular flexibility index (Phi) is 10.3. The fourth-order valence-corrected chi connectivity index (χ4v) is 3.45. The lowest BCUT2D eigenvalue weighted by molar-refractivity contribution is -0.115. The Morgan fingerprint density at radius 3 is 2.42 bits per heavy atom. The van der Waals surface area contributed by atoms with Crippen LogP contribution in [0.5, 0.6) is 11.5 Å². The van der Waals surface area contributed by atoms with Crippen LogP contribution in [0, 0.1) is 16.7 Å². The number of ether oxygens (including phenoxy) is 1. The lowest BCUT2D eigenvalue weighted by Gasteiger charge is -2.18. The van der Waals surface area contributed by atoms with E-state index < -0.39 is 17.9 Å². The highest BCUT2D eigenvalue weighted by Crippen LogP contribution is 2.22. The van der Waals surface area contributed by atoms with Crippen LogP contribution in [0.25, 0.3) is 0 Å². The summed E-state index contributed by atoms with van der Waals surface area (Å²) < 4.78 is 5.66. The van der Waals surface area contributed by atoms with E-state index in [4.69, 9.17) is 27.6 Å². The summed E-state index contributed by atoms with van der Waals surface area (Å²) in [6, 6.07) is 18.5. The van der Waals surface area contributed by atoms with Crippen molar-refractivity contribution in [2.24, 2.45) is 5.84 Å². The number of nitrogens with two attached hydrogens (primary N) is 1. The van der Waals surface area contributed by atoms with Crippen molar-refractivity contribution >= 4 is 29.1 Å². The first kappa shape index (κ1) is 28.3. The fraction of sp³-hybridized carbons (Fsp3) is 0.222. The molecule has 0 aliphatic rings. The highest BCUT2D eigenvalue weighted by atomic mass is 35.5. The Morgan fingerprint density at radius 1 is 1.13 bits per heavy atom. The molecular formula is C27H28ClN7O3. The number of rotatable bonds is 12. The smallest absolute Gasteiger partial charge is 0.269 e. The zero-order valence-corrected chi connectivity index (χ0v) is 21.5. The first-order chi connectivity index (χ1) is 18.3. The Morgan fingerprint density at radius 2 is 1.82 bits per heavy atom. The molecule has 1 atom stereocenters. The summed E-state index contributed by atoms with van der Waals surface area (Å²) in [5, 5.41) is 24.5. The van der Waals surface area contributed by atoms with Gasteiger partial charge in [0.2, 0.25) is 0 Å². The molecule has 0 fully saturated rings. The minimum Gasteiger partial charge on any atom is -0.456 e. The summed E-state index contributed by atoms with van der Waals surface area (Å²) in [6.07, 6.45) is 2.30. The lowest BCUT2D eigenvalue weighted by atomic mass is 10.0. The molecule has 3 rings (SSSR count). The van der Waals surface area contributed by atoms with E-state index in [0.29, 0.717) is 22.1 Å². The molecule has 3 aromatic rings. The number of benzene rings is 2. The number of nitriles is 1. The number of hydrogen-bond donors (Lipinski definition) is 4. The van der Waals surface area contributed by atoms with E-state index in [9.17, 15) is 14.9 Å². The average molecular weight is 534 g/mol. The van der Waals surface area contributed by atoms with Crippen LogP contribution in [-0.4, -0.2) is 47.2 Å². The number of hydrazine groups is 1. The number of carbonyl (C=O) groups is 2. The van der Waals surface area contributed by atoms with Crippen LogP contribution < -0.4 is 21.2 Å². The van der Waals surface area contributed by atoms with Crippen LogP contribution in [0.15, 0.2) is 66.9 Å². The number of carbonyl (C=O) groups excluding carboxylic acids is 2. The number of amides is 2. The van der Waals surface area contributed by atoms with Crippen molar-refractivity contribution in [2.75, 3.05) is 19.6 Å². The molecule has 0 radical (unpaired) electrons. The molecule has 0 spiro atoms. The molecule has 1 unspecified atom stereocenters. The molecule has 11 heteroatoms. The van der Waals surface area contributed by atoms with Gasteiger partial charge < -0.3 is 15.4 Å². The first-order valence-electron chi connectivity index (χ1n) is 11.8. The highest BCUT2D eigenvalue weighted by Gasteiger charge is 2.18. The van der Waals surface area contributed by atoms with Gasteiger partial charge in [-0.15, -0.1) is 0 Å². The third kappa shape index (κ3) is 8.38. The minimum atomic E-state index is -0.880. The minimum absolute atomic E-state index is 0.163. The third-order valence-electron chi connectivity index (χ3n) is 5.46. The first-order valence-corrected chi connectivity index (χ1v) is 12.2. The van der Waals surface area contributed by atoms with Crippen LogP contribution in [0.2, 0.25) is 5.02 Å². The van der Waals surface area contributed by atoms with Crippen LogP contribution in [0.1, 0.15) is 34.6 Å². The zero-order chi connectivity index (χ0) is 27.5. The van der Waals surface area contributed by atoms with Gasteiger partial charge in [0.25, 0.3) is 11.8 Å². The van der Waals surface area contributed by atoms with Crippen LogP contribution in [-0.2, 0) is 11.2 Å². The van der Waals surface area contributed by atoms with Crippen LogP contribution in [0.3, 0.4) is 0 Å². The number of aromatic nitrogens is 1. The van der Waals surface area contributed by atoms with E-state index in [1.807, 2.05) is 25.1 Å². The van der Waals surface area contributed by atoms with Crippen molar-refractivity contribution in [1.82, 2.24) is 20.6 Å². The third-order valence-corrected chi connectivity index (χ3v) is 5.72. The van der Waals surface area contributed by atoms with Crippen molar-refractivity contribution in [3.63, 3.8) is 0 Å². The SMILES string of the molecule is CCc1ccc(C(C#N)NC(=O)C(=N)CN(N)CCNC(=O)c2ccc(Oc3ccc(Cl)cc3)cn2)cc1. The van der Waals surface area contributed by atoms with Crippen molar-refractivity contribution in [2.45, 2.75) is 19.4 Å². The summed E-state index contributed by atoms with van der Waals surface area (Å²) in [5.41, 5.74) is 1.64. The van der Waals surface area contributed by atoms with Gasteiger partial charge >= 0.3 is 0 Å². The molecule has 0 aliphatic carbocycles. The zero-order valence-electron chi connectivity index (χ0n) is 20.8. The molecule has 5 N–H and O–H groups in total. The van der Waals surface area contributed by atoms with E-state index in [2.05, 4.69) is 15.6 Å². The number of aryl methyl sites for hydroxylation is 1. The standard InChI is InChI=1S/C27H28ClN7O3/c1-2-18-3-5-19(6-4-18)25(15-29)34-26(36)23(30)17-35(31)14-13-32-27(37)24-12-11-22(16-33-24)38-21-9-7-20(28)8-10-21/h3-12,16,25,30H,2,13-14,17,31H2,1H3,(H,32,37)(H,34,36). The summed E-state index contributed by atoms with van der Waals surface area (Å²) in [7, 11) is 0. The molecule has 10 nitrogen and oxygen atoms in total. The molecule has 1 heterocycles. The average Bonchev–Trinajstić information content (AvgIpc) is 2.93. The van der Waals surface area contributed by atoms with E-state index in [1.54, 1.807) is 42.5 Å². The molecule has 0 saturated carbocycles. The molecule has 196 valence electrons. The predicted octanol–water partition coefficient (Wildman–Crippen LogP) is 3.40. The Labute approximate surface area is 225 Å². The van der Waals surface area contributed by atoms with Crippen LogP contribution >= 0.6 is 11.6 Å². The fourth-order valence-electron chi connectivity index (χ4n) is 3.33. The molecule has 38 heavy (non-hydrogen) atoms. The molecule has 1 aromatic heterocycles. The maximum absolute atomic E-state index is 12.4. The summed E-state index contributed by atoms with van der Waals surface area (Å²) in [5.74, 6) is 5.85. The number of nitrogens with one attached hydrogen (secondary N) is 3. The van der Waals surface area contributed by atoms with Gasteiger partial charge in [-0.2, -0.15) is 5.26 Å². The molecule has 2 amide bonds. The monoisotopic (exact) mass is 533 g/mol. The number of nitrogens with zero attached hydrogens (tertiary/aromatic N) is 3. The molecule has 0 bridgehead atoms. The van der Waals surface area contributed by atoms with E-state index in [0.717, 1.165) is 12.0 Å². The second kappa shape index (κ2) is 13.9. The van der Waals surface area contributed by atoms with Gasteiger partial charge in [0, 0.05) is 18.1 Å². The quantitative estimate of drug-likeness (QED) is 0.158. The second-order valence-electron chi connectivity index (χ2n) is 8.27. The van der Waals surface area contributed by atoms with Crippen molar-refractivity contribution < 1.29 is 14.3 Å². The highest BCUT2D eigenvalue weighted by molar-refractivity contribution is 6.38. The summed E-state index contributed by atoms with van der Waals surface area (Å²) in [4.78, 5) is 28.9. The topological polar surface area (TPSA) is 157 Å². The van der Waals surface area contributed by atoms with Crippen molar-refractivity contribution in [1.29, 1.82) is 10.7 Å². The van der Waals surface area contributed by atoms with Gasteiger partial charge in [-0.1, -0.05) is 42.8 Å². The molecule has 2 aromatic carbocycles. The van der Waals surface area contributed by atoms with Gasteiger partial charge in [-0.3, -0.25) is 20.8 Å². The lowest BCUT2D eigenvalue weighted by Crippen LogP contribution is -2.45. The Hall–Kier alpha value is -4.30. The van der Waals surface area contributed by atoms with Gasteiger partial charge in [0.1, 0.15) is 28.9 Å². The van der Waals surface area contributed by atoms with Gasteiger partial charge in [0.05, 0.1) is 18.8 Å². The maximum atomic E-state index is 12.4. The predicted molar refractivity (Wildman–Crippen MR) is 144 cm³/mol. The molecule has 0 aliphatic heterocycles. The van der Waals surface area contributed by atoms with E-state index in [1.165, 1.54) is 17.3 Å². The van der Waals surface area contributed by atoms with Gasteiger partial charge in [-0.25, -0.2) is 9.99 Å². The van der Waals surface area contributed by atoms with E-state index in [-0.39, 0.29) is 31.0 Å². The number of hydrogen-bond acceptors (Lipinski definition) is 8. The van der Waals surface area contributed by atoms with Crippen molar-refractivity contribution in [3.05, 3.63) is 88.7 Å². The van der Waals surface area contributed by atoms with Crippen LogP contribution in [0.4, 0.5) is 0 Å². The number of pyridine rings is 1. The van der Waals surface area contributed by atoms with Gasteiger partial charge in [0.15, 0.2) is 0 Å². The largest absolute Gasteiger partial charge is 0.456 e. The summed E-state index contributed by atoms with van der Waals surface area (Å²) in [6.45, 7) is 2.21. The second-order valence-corrected chi connectivity index (χ2v) is 8.71. The summed E-state index contributed by atoms with van der Waals surface area (Å²) >= 11 is 5.86. The Bertz CT molecular complexity index is 1290. The molecule has 0 saturated heterocycles.